The Bertz CT molecular complexity index is 335. The fraction of sp³-hybridized carbons (Fsp3) is 0.643. The first-order valence-electron chi connectivity index (χ1n) is 6.27. The molecule has 0 amide bonds. The van der Waals surface area contributed by atoms with Gasteiger partial charge in [-0.1, -0.05) is 40.7 Å². The van der Waals surface area contributed by atoms with Crippen LogP contribution in [0.5, 0.6) is 0 Å². The molecule has 17 heavy (non-hydrogen) atoms. The Hall–Kier alpha value is -1.09. The lowest BCUT2D eigenvalue weighted by atomic mass is 9.88. The molecule has 0 aliphatic rings. The molecular weight excluding hydrogens is 210 g/mol. The van der Waals surface area contributed by atoms with Gasteiger partial charge >= 0.3 is 0 Å². The number of nitrogens with zero attached hydrogens (tertiary/aromatic N) is 1. The zero-order chi connectivity index (χ0) is 13.1. The summed E-state index contributed by atoms with van der Waals surface area (Å²) in [6.45, 7) is 11.5. The van der Waals surface area contributed by atoms with Crippen LogP contribution in [0.2, 0.25) is 0 Å². The fourth-order valence-electron chi connectivity index (χ4n) is 1.61. The standard InChI is InChI=1S/C14H25N3/c1-10(2)12(8-15)17-13-7-6-11(9-16-13)14(3,4)5/h6-7,9-10,12H,8,15H2,1-5H3,(H,16,17). The van der Waals surface area contributed by atoms with Crippen LogP contribution in [0.3, 0.4) is 0 Å². The highest BCUT2D eigenvalue weighted by Gasteiger charge is 2.15. The van der Waals surface area contributed by atoms with Crippen LogP contribution in [-0.2, 0) is 5.41 Å². The minimum atomic E-state index is 0.150. The van der Waals surface area contributed by atoms with E-state index in [1.165, 1.54) is 5.56 Å². The highest BCUT2D eigenvalue weighted by atomic mass is 15.0. The molecule has 1 rings (SSSR count). The van der Waals surface area contributed by atoms with Gasteiger partial charge in [-0.25, -0.2) is 4.98 Å². The van der Waals surface area contributed by atoms with Gasteiger partial charge in [0.2, 0.25) is 0 Å². The molecule has 3 heteroatoms. The lowest BCUT2D eigenvalue weighted by Gasteiger charge is -2.22. The van der Waals surface area contributed by atoms with Gasteiger partial charge in [-0.05, 0) is 23.0 Å². The average Bonchev–Trinajstić information content (AvgIpc) is 2.25. The second-order valence-corrected chi connectivity index (χ2v) is 5.91. The molecule has 1 heterocycles. The number of hydrogen-bond acceptors (Lipinski definition) is 3. The number of pyridine rings is 1. The van der Waals surface area contributed by atoms with E-state index in [-0.39, 0.29) is 11.5 Å². The summed E-state index contributed by atoms with van der Waals surface area (Å²) < 4.78 is 0. The van der Waals surface area contributed by atoms with Gasteiger partial charge in [-0.3, -0.25) is 0 Å². The molecule has 3 N–H and O–H groups in total. The van der Waals surface area contributed by atoms with Gasteiger partial charge in [0.1, 0.15) is 5.82 Å². The molecule has 0 bridgehead atoms. The Morgan fingerprint density at radius 1 is 1.29 bits per heavy atom. The van der Waals surface area contributed by atoms with Gasteiger partial charge in [0.25, 0.3) is 0 Å². The molecule has 1 atom stereocenters. The second kappa shape index (κ2) is 5.50. The van der Waals surface area contributed by atoms with Gasteiger partial charge < -0.3 is 11.1 Å². The lowest BCUT2D eigenvalue weighted by Crippen LogP contribution is -2.34. The molecule has 1 unspecified atom stereocenters. The third-order valence-corrected chi connectivity index (χ3v) is 3.02. The van der Waals surface area contributed by atoms with Crippen LogP contribution in [0.1, 0.15) is 40.2 Å². The van der Waals surface area contributed by atoms with E-state index in [1.807, 2.05) is 12.3 Å². The van der Waals surface area contributed by atoms with Crippen molar-refractivity contribution in [1.29, 1.82) is 0 Å². The predicted molar refractivity (Wildman–Crippen MR) is 74.2 cm³/mol. The van der Waals surface area contributed by atoms with E-state index in [1.54, 1.807) is 0 Å². The van der Waals surface area contributed by atoms with Crippen LogP contribution in [0.4, 0.5) is 5.82 Å². The van der Waals surface area contributed by atoms with Crippen LogP contribution >= 0.6 is 0 Å². The van der Waals surface area contributed by atoms with Crippen LogP contribution in [0.15, 0.2) is 18.3 Å². The maximum Gasteiger partial charge on any atom is 0.126 e. The molecule has 0 saturated heterocycles. The zero-order valence-corrected chi connectivity index (χ0v) is 11.6. The monoisotopic (exact) mass is 235 g/mol. The quantitative estimate of drug-likeness (QED) is 0.843. The largest absolute Gasteiger partial charge is 0.366 e. The number of aromatic nitrogens is 1. The molecule has 0 aromatic carbocycles. The van der Waals surface area contributed by atoms with Crippen molar-refractivity contribution in [3.8, 4) is 0 Å². The molecule has 0 aliphatic heterocycles. The van der Waals surface area contributed by atoms with Crippen molar-refractivity contribution in [2.24, 2.45) is 11.7 Å². The maximum atomic E-state index is 5.73. The van der Waals surface area contributed by atoms with Crippen molar-refractivity contribution >= 4 is 5.82 Å². The van der Waals surface area contributed by atoms with E-state index < -0.39 is 0 Å². The van der Waals surface area contributed by atoms with Gasteiger partial charge in [-0.2, -0.15) is 0 Å². The summed E-state index contributed by atoms with van der Waals surface area (Å²) in [6, 6.07) is 4.44. The normalized spacial score (nSPS) is 13.8. The number of hydrogen-bond donors (Lipinski definition) is 2. The van der Waals surface area contributed by atoms with E-state index in [0.29, 0.717) is 12.5 Å². The molecule has 0 radical (unpaired) electrons. The van der Waals surface area contributed by atoms with E-state index in [2.05, 4.69) is 51.0 Å². The Kier molecular flexibility index (Phi) is 4.52. The number of nitrogens with two attached hydrogens (primary N) is 1. The Morgan fingerprint density at radius 2 is 1.94 bits per heavy atom. The molecule has 1 aromatic rings. The van der Waals surface area contributed by atoms with Crippen molar-refractivity contribution in [2.45, 2.75) is 46.1 Å². The lowest BCUT2D eigenvalue weighted by molar-refractivity contribution is 0.529. The maximum absolute atomic E-state index is 5.73. The number of nitrogens with one attached hydrogen (secondary N) is 1. The number of rotatable bonds is 4. The number of anilines is 1. The van der Waals surface area contributed by atoms with Crippen molar-refractivity contribution in [3.63, 3.8) is 0 Å². The molecule has 1 aromatic heterocycles. The minimum absolute atomic E-state index is 0.150. The second-order valence-electron chi connectivity index (χ2n) is 5.91. The molecule has 3 nitrogen and oxygen atoms in total. The SMILES string of the molecule is CC(C)C(CN)Nc1ccc(C(C)(C)C)cn1. The van der Waals surface area contributed by atoms with Crippen molar-refractivity contribution < 1.29 is 0 Å². The van der Waals surface area contributed by atoms with E-state index in [4.69, 9.17) is 5.73 Å². The van der Waals surface area contributed by atoms with Crippen LogP contribution in [0, 0.1) is 5.92 Å². The topological polar surface area (TPSA) is 50.9 Å². The Balaban J connectivity index is 2.75. The first kappa shape index (κ1) is 14.0. The van der Waals surface area contributed by atoms with Gasteiger partial charge in [0.05, 0.1) is 0 Å². The smallest absolute Gasteiger partial charge is 0.126 e. The summed E-state index contributed by atoms with van der Waals surface area (Å²) in [4.78, 5) is 4.45. The van der Waals surface area contributed by atoms with Gasteiger partial charge in [-0.15, -0.1) is 0 Å². The van der Waals surface area contributed by atoms with Gasteiger partial charge in [0, 0.05) is 18.8 Å². The summed E-state index contributed by atoms with van der Waals surface area (Å²) in [7, 11) is 0. The molecule has 0 saturated carbocycles. The summed E-state index contributed by atoms with van der Waals surface area (Å²) >= 11 is 0. The molecule has 96 valence electrons. The first-order chi connectivity index (χ1) is 7.84. The summed E-state index contributed by atoms with van der Waals surface area (Å²) in [5.74, 6) is 1.41. The minimum Gasteiger partial charge on any atom is -0.366 e. The summed E-state index contributed by atoms with van der Waals surface area (Å²) in [6.07, 6.45) is 1.94. The first-order valence-corrected chi connectivity index (χ1v) is 6.27. The summed E-state index contributed by atoms with van der Waals surface area (Å²) in [5.41, 5.74) is 7.13. The molecule has 0 spiro atoms. The van der Waals surface area contributed by atoms with Crippen LogP contribution < -0.4 is 11.1 Å². The Morgan fingerprint density at radius 3 is 2.29 bits per heavy atom. The molecule has 0 aliphatic carbocycles. The third-order valence-electron chi connectivity index (χ3n) is 3.02. The zero-order valence-electron chi connectivity index (χ0n) is 11.6. The van der Waals surface area contributed by atoms with Crippen LogP contribution in [-0.4, -0.2) is 17.6 Å². The predicted octanol–water partition coefficient (Wildman–Crippen LogP) is 2.77. The van der Waals surface area contributed by atoms with E-state index in [9.17, 15) is 0 Å². The van der Waals surface area contributed by atoms with Crippen molar-refractivity contribution in [1.82, 2.24) is 4.98 Å². The molecular formula is C14H25N3. The van der Waals surface area contributed by atoms with E-state index >= 15 is 0 Å². The van der Waals surface area contributed by atoms with Crippen LogP contribution in [0.25, 0.3) is 0 Å². The highest BCUT2D eigenvalue weighted by Crippen LogP contribution is 2.22. The summed E-state index contributed by atoms with van der Waals surface area (Å²) in [5, 5.41) is 3.37. The molecule has 0 fully saturated rings. The van der Waals surface area contributed by atoms with Crippen molar-refractivity contribution in [3.05, 3.63) is 23.9 Å². The van der Waals surface area contributed by atoms with Crippen molar-refractivity contribution in [2.75, 3.05) is 11.9 Å². The highest BCUT2D eigenvalue weighted by molar-refractivity contribution is 5.38. The average molecular weight is 235 g/mol. The van der Waals surface area contributed by atoms with E-state index in [0.717, 1.165) is 5.82 Å². The fourth-order valence-corrected chi connectivity index (χ4v) is 1.61. The third kappa shape index (κ3) is 4.00. The Labute approximate surface area is 105 Å². The van der Waals surface area contributed by atoms with Gasteiger partial charge in [0.15, 0.2) is 0 Å².